The van der Waals surface area contributed by atoms with Crippen molar-refractivity contribution in [2.75, 3.05) is 0 Å². The molecule has 1 aromatic carbocycles. The number of nitrogens with two attached hydrogens (primary N) is 1. The number of nitrogens with zero attached hydrogens (tertiary/aromatic N) is 1. The zero-order valence-electron chi connectivity index (χ0n) is 12.5. The molecule has 1 unspecified atom stereocenters. The van der Waals surface area contributed by atoms with Crippen LogP contribution >= 0.6 is 11.3 Å². The van der Waals surface area contributed by atoms with Gasteiger partial charge in [0.1, 0.15) is 17.4 Å². The summed E-state index contributed by atoms with van der Waals surface area (Å²) in [6.45, 7) is 8.86. The van der Waals surface area contributed by atoms with Gasteiger partial charge in [0, 0.05) is 10.9 Å². The van der Waals surface area contributed by atoms with Gasteiger partial charge in [0.25, 0.3) is 0 Å². The fraction of sp³-hybridized carbons (Fsp3) is 0.438. The second-order valence-electron chi connectivity index (χ2n) is 5.40. The predicted molar refractivity (Wildman–Crippen MR) is 84.3 cm³/mol. The minimum Gasteiger partial charge on any atom is -0.486 e. The number of aryl methyl sites for hydroxylation is 1. The van der Waals surface area contributed by atoms with E-state index in [1.165, 1.54) is 10.4 Å². The zero-order chi connectivity index (χ0) is 14.7. The maximum Gasteiger partial charge on any atom is 0.140 e. The number of hydrogen-bond donors (Lipinski definition) is 1. The number of thiazole rings is 1. The van der Waals surface area contributed by atoms with Crippen molar-refractivity contribution < 1.29 is 4.74 Å². The Bertz CT molecular complexity index is 533. The summed E-state index contributed by atoms with van der Waals surface area (Å²) in [5.41, 5.74) is 8.35. The maximum atomic E-state index is 6.02. The summed E-state index contributed by atoms with van der Waals surface area (Å²) < 4.78 is 5.78. The third kappa shape index (κ3) is 3.58. The summed E-state index contributed by atoms with van der Waals surface area (Å²) in [7, 11) is 0. The Balaban J connectivity index is 2.10. The number of ether oxygens (including phenoxy) is 1. The van der Waals surface area contributed by atoms with E-state index in [0.717, 1.165) is 16.5 Å². The minimum absolute atomic E-state index is 0.0259. The second kappa shape index (κ2) is 6.37. The fourth-order valence-electron chi connectivity index (χ4n) is 1.97. The number of rotatable bonds is 5. The lowest BCUT2D eigenvalue weighted by atomic mass is 10.1. The van der Waals surface area contributed by atoms with Crippen molar-refractivity contribution in [2.24, 2.45) is 5.73 Å². The molecule has 4 heteroatoms. The van der Waals surface area contributed by atoms with E-state index in [9.17, 15) is 0 Å². The van der Waals surface area contributed by atoms with E-state index in [4.69, 9.17) is 10.5 Å². The molecule has 1 atom stereocenters. The van der Waals surface area contributed by atoms with Gasteiger partial charge in [-0.3, -0.25) is 0 Å². The Morgan fingerprint density at radius 3 is 2.35 bits per heavy atom. The van der Waals surface area contributed by atoms with Crippen molar-refractivity contribution in [1.29, 1.82) is 0 Å². The van der Waals surface area contributed by atoms with Gasteiger partial charge in [-0.2, -0.15) is 0 Å². The van der Waals surface area contributed by atoms with Crippen molar-refractivity contribution in [3.8, 4) is 5.75 Å². The molecule has 0 radical (unpaired) electrons. The molecule has 3 nitrogen and oxygen atoms in total. The lowest BCUT2D eigenvalue weighted by molar-refractivity contribution is 0.305. The van der Waals surface area contributed by atoms with Crippen LogP contribution in [0.15, 0.2) is 24.3 Å². The highest BCUT2D eigenvalue weighted by Crippen LogP contribution is 2.29. The van der Waals surface area contributed by atoms with Gasteiger partial charge in [0.2, 0.25) is 0 Å². The molecule has 0 amide bonds. The molecular weight excluding hydrogens is 268 g/mol. The van der Waals surface area contributed by atoms with Gasteiger partial charge in [-0.15, -0.1) is 11.3 Å². The van der Waals surface area contributed by atoms with Crippen LogP contribution in [-0.2, 0) is 6.61 Å². The van der Waals surface area contributed by atoms with Crippen LogP contribution < -0.4 is 10.5 Å². The molecule has 0 saturated heterocycles. The molecule has 0 fully saturated rings. The van der Waals surface area contributed by atoms with Crippen LogP contribution in [-0.4, -0.2) is 4.98 Å². The third-order valence-electron chi connectivity index (χ3n) is 3.07. The lowest BCUT2D eigenvalue weighted by Gasteiger charge is -2.07. The van der Waals surface area contributed by atoms with Gasteiger partial charge in [-0.05, 0) is 31.9 Å². The molecule has 20 heavy (non-hydrogen) atoms. The van der Waals surface area contributed by atoms with E-state index in [1.807, 2.05) is 31.2 Å². The van der Waals surface area contributed by atoms with Gasteiger partial charge in [-0.1, -0.05) is 31.5 Å². The standard InChI is InChI=1S/C16H22N2OS/c1-10(2)15-16(12(4)17)20-14(18-15)9-19-13-7-5-11(3)6-8-13/h5-8,10,12H,9,17H2,1-4H3. The van der Waals surface area contributed by atoms with E-state index < -0.39 is 0 Å². The van der Waals surface area contributed by atoms with Crippen LogP contribution in [0, 0.1) is 6.92 Å². The lowest BCUT2D eigenvalue weighted by Crippen LogP contribution is -2.06. The van der Waals surface area contributed by atoms with Crippen LogP contribution in [0.5, 0.6) is 5.75 Å². The first-order valence-electron chi connectivity index (χ1n) is 6.92. The van der Waals surface area contributed by atoms with E-state index in [1.54, 1.807) is 11.3 Å². The molecule has 0 aliphatic rings. The summed E-state index contributed by atoms with van der Waals surface area (Å²) in [4.78, 5) is 5.85. The first-order chi connectivity index (χ1) is 9.47. The Morgan fingerprint density at radius 1 is 1.20 bits per heavy atom. The second-order valence-corrected chi connectivity index (χ2v) is 6.52. The average Bonchev–Trinajstić information content (AvgIpc) is 2.83. The van der Waals surface area contributed by atoms with Crippen molar-refractivity contribution in [3.05, 3.63) is 45.4 Å². The Morgan fingerprint density at radius 2 is 1.85 bits per heavy atom. The number of aromatic nitrogens is 1. The Kier molecular flexibility index (Phi) is 4.78. The average molecular weight is 290 g/mol. The van der Waals surface area contributed by atoms with E-state index in [2.05, 4.69) is 25.8 Å². The van der Waals surface area contributed by atoms with E-state index in [0.29, 0.717) is 12.5 Å². The summed E-state index contributed by atoms with van der Waals surface area (Å²) >= 11 is 1.66. The zero-order valence-corrected chi connectivity index (χ0v) is 13.3. The van der Waals surface area contributed by atoms with E-state index >= 15 is 0 Å². The molecule has 0 aliphatic carbocycles. The normalized spacial score (nSPS) is 12.7. The van der Waals surface area contributed by atoms with Gasteiger partial charge in [0.15, 0.2) is 0 Å². The highest BCUT2D eigenvalue weighted by atomic mass is 32.1. The van der Waals surface area contributed by atoms with Gasteiger partial charge in [0.05, 0.1) is 5.69 Å². The van der Waals surface area contributed by atoms with Crippen LogP contribution in [0.1, 0.15) is 53.9 Å². The quantitative estimate of drug-likeness (QED) is 0.899. The summed E-state index contributed by atoms with van der Waals surface area (Å²) in [6.07, 6.45) is 0. The van der Waals surface area contributed by atoms with Gasteiger partial charge >= 0.3 is 0 Å². The van der Waals surface area contributed by atoms with Gasteiger partial charge < -0.3 is 10.5 Å². The Hall–Kier alpha value is -1.39. The highest BCUT2D eigenvalue weighted by molar-refractivity contribution is 7.11. The van der Waals surface area contributed by atoms with Crippen molar-refractivity contribution in [1.82, 2.24) is 4.98 Å². The molecule has 0 saturated carbocycles. The van der Waals surface area contributed by atoms with Crippen LogP contribution in [0.4, 0.5) is 0 Å². The van der Waals surface area contributed by atoms with Crippen molar-refractivity contribution in [3.63, 3.8) is 0 Å². The fourth-order valence-corrected chi connectivity index (χ4v) is 3.06. The largest absolute Gasteiger partial charge is 0.486 e. The maximum absolute atomic E-state index is 6.02. The van der Waals surface area contributed by atoms with Gasteiger partial charge in [-0.25, -0.2) is 4.98 Å². The third-order valence-corrected chi connectivity index (χ3v) is 4.31. The smallest absolute Gasteiger partial charge is 0.140 e. The minimum atomic E-state index is 0.0259. The number of hydrogen-bond acceptors (Lipinski definition) is 4. The monoisotopic (exact) mass is 290 g/mol. The molecule has 1 aromatic heterocycles. The predicted octanol–water partition coefficient (Wildman–Crippen LogP) is 4.17. The molecule has 0 bridgehead atoms. The SMILES string of the molecule is Cc1ccc(OCc2nc(C(C)C)c(C(C)N)s2)cc1. The Labute approximate surface area is 124 Å². The highest BCUT2D eigenvalue weighted by Gasteiger charge is 2.17. The van der Waals surface area contributed by atoms with Crippen LogP contribution in [0.25, 0.3) is 0 Å². The molecular formula is C16H22N2OS. The van der Waals surface area contributed by atoms with Crippen LogP contribution in [0.2, 0.25) is 0 Å². The molecule has 2 aromatic rings. The van der Waals surface area contributed by atoms with Crippen molar-refractivity contribution in [2.45, 2.75) is 46.3 Å². The first-order valence-corrected chi connectivity index (χ1v) is 7.73. The molecule has 2 N–H and O–H groups in total. The first kappa shape index (κ1) is 15.0. The summed E-state index contributed by atoms with van der Waals surface area (Å²) in [6, 6.07) is 8.09. The summed E-state index contributed by atoms with van der Waals surface area (Å²) in [5.74, 6) is 1.26. The molecule has 1 heterocycles. The number of benzene rings is 1. The molecule has 2 rings (SSSR count). The topological polar surface area (TPSA) is 48.1 Å². The molecule has 0 spiro atoms. The van der Waals surface area contributed by atoms with Crippen LogP contribution in [0.3, 0.4) is 0 Å². The summed E-state index contributed by atoms with van der Waals surface area (Å²) in [5, 5.41) is 0.988. The molecule has 108 valence electrons. The van der Waals surface area contributed by atoms with E-state index in [-0.39, 0.29) is 6.04 Å². The molecule has 0 aliphatic heterocycles. The van der Waals surface area contributed by atoms with Crippen molar-refractivity contribution >= 4 is 11.3 Å².